The Labute approximate surface area is 121 Å². The quantitative estimate of drug-likeness (QED) is 0.891. The number of hydrogen-bond acceptors (Lipinski definition) is 1. The van der Waals surface area contributed by atoms with Crippen molar-refractivity contribution in [2.24, 2.45) is 5.92 Å². The smallest absolute Gasteiger partial charge is 0.380 e. The Morgan fingerprint density at radius 2 is 1.38 bits per heavy atom. The van der Waals surface area contributed by atoms with Gasteiger partial charge in [0.1, 0.15) is 5.60 Å². The number of benzene rings is 2. The predicted molar refractivity (Wildman–Crippen MR) is 73.6 cm³/mol. The zero-order valence-electron chi connectivity index (χ0n) is 11.3. The van der Waals surface area contributed by atoms with Crippen molar-refractivity contribution in [3.8, 4) is 0 Å². The second-order valence-electron chi connectivity index (χ2n) is 5.49. The van der Waals surface area contributed by atoms with E-state index in [0.717, 1.165) is 25.0 Å². The van der Waals surface area contributed by atoms with Gasteiger partial charge in [0.15, 0.2) is 0 Å². The topological polar surface area (TPSA) is 20.2 Å². The Balaban J connectivity index is 2.11. The summed E-state index contributed by atoms with van der Waals surface area (Å²) in [5.74, 6) is -0.0246. The molecule has 1 aliphatic carbocycles. The third-order valence-electron chi connectivity index (χ3n) is 4.01. The summed E-state index contributed by atoms with van der Waals surface area (Å²) in [6, 6.07) is 13.9. The van der Waals surface area contributed by atoms with Gasteiger partial charge in [0.05, 0.1) is 5.56 Å². The Hall–Kier alpha value is -1.81. The van der Waals surface area contributed by atoms with Crippen molar-refractivity contribution in [1.82, 2.24) is 0 Å². The zero-order valence-corrected chi connectivity index (χ0v) is 11.3. The first kappa shape index (κ1) is 14.1. The molecule has 0 saturated heterocycles. The lowest BCUT2D eigenvalue weighted by atomic mass is 9.81. The van der Waals surface area contributed by atoms with Crippen LogP contribution in [0.2, 0.25) is 0 Å². The molecule has 1 saturated carbocycles. The lowest BCUT2D eigenvalue weighted by Crippen LogP contribution is -2.30. The molecule has 21 heavy (non-hydrogen) atoms. The average Bonchev–Trinajstić information content (AvgIpc) is 3.31. The second-order valence-corrected chi connectivity index (χ2v) is 5.49. The van der Waals surface area contributed by atoms with E-state index in [1.165, 1.54) is 6.07 Å². The molecule has 2 aromatic rings. The van der Waals surface area contributed by atoms with Crippen molar-refractivity contribution < 1.29 is 18.3 Å². The van der Waals surface area contributed by atoms with Crippen molar-refractivity contribution >= 4 is 0 Å². The minimum Gasteiger partial charge on any atom is -0.380 e. The van der Waals surface area contributed by atoms with E-state index in [0.29, 0.717) is 11.1 Å². The highest BCUT2D eigenvalue weighted by atomic mass is 19.4. The fraction of sp³-hybridized carbons (Fsp3) is 0.294. The van der Waals surface area contributed by atoms with Crippen LogP contribution >= 0.6 is 0 Å². The van der Waals surface area contributed by atoms with E-state index in [-0.39, 0.29) is 5.92 Å². The van der Waals surface area contributed by atoms with Gasteiger partial charge in [0.2, 0.25) is 0 Å². The highest BCUT2D eigenvalue weighted by Gasteiger charge is 2.47. The molecule has 1 N–H and O–H groups in total. The van der Waals surface area contributed by atoms with Gasteiger partial charge < -0.3 is 5.11 Å². The first-order chi connectivity index (χ1) is 9.92. The van der Waals surface area contributed by atoms with Crippen LogP contribution in [-0.2, 0) is 11.8 Å². The van der Waals surface area contributed by atoms with Crippen molar-refractivity contribution in [2.75, 3.05) is 0 Å². The Morgan fingerprint density at radius 3 is 1.95 bits per heavy atom. The molecule has 4 heteroatoms. The number of alkyl halides is 3. The molecule has 110 valence electrons. The molecule has 0 radical (unpaired) electrons. The summed E-state index contributed by atoms with van der Waals surface area (Å²) < 4.78 is 38.7. The molecule has 0 aromatic heterocycles. The van der Waals surface area contributed by atoms with E-state index in [4.69, 9.17) is 0 Å². The molecular weight excluding hydrogens is 277 g/mol. The van der Waals surface area contributed by atoms with Crippen LogP contribution < -0.4 is 0 Å². The molecule has 1 fully saturated rings. The van der Waals surface area contributed by atoms with Gasteiger partial charge in [0, 0.05) is 0 Å². The summed E-state index contributed by atoms with van der Waals surface area (Å²) in [6.07, 6.45) is -2.76. The van der Waals surface area contributed by atoms with Crippen LogP contribution in [0.1, 0.15) is 29.5 Å². The molecule has 0 bridgehead atoms. The Kier molecular flexibility index (Phi) is 3.29. The molecule has 0 amide bonds. The lowest BCUT2D eigenvalue weighted by molar-refractivity contribution is -0.137. The summed E-state index contributed by atoms with van der Waals surface area (Å²) in [6.45, 7) is 0. The van der Waals surface area contributed by atoms with E-state index in [1.807, 2.05) is 6.07 Å². The lowest BCUT2D eigenvalue weighted by Gasteiger charge is -2.30. The summed E-state index contributed by atoms with van der Waals surface area (Å²) >= 11 is 0. The van der Waals surface area contributed by atoms with Gasteiger partial charge in [0.25, 0.3) is 0 Å². The monoisotopic (exact) mass is 292 g/mol. The average molecular weight is 292 g/mol. The van der Waals surface area contributed by atoms with E-state index < -0.39 is 17.3 Å². The van der Waals surface area contributed by atoms with Crippen LogP contribution in [0.15, 0.2) is 54.6 Å². The summed E-state index contributed by atoms with van der Waals surface area (Å²) in [4.78, 5) is 0. The molecule has 1 aliphatic rings. The van der Waals surface area contributed by atoms with Gasteiger partial charge in [-0.2, -0.15) is 13.2 Å². The molecule has 3 rings (SSSR count). The van der Waals surface area contributed by atoms with E-state index in [1.54, 1.807) is 30.3 Å². The van der Waals surface area contributed by atoms with Crippen LogP contribution in [0.5, 0.6) is 0 Å². The number of halogens is 3. The number of aliphatic hydroxyl groups is 1. The molecule has 1 unspecified atom stereocenters. The largest absolute Gasteiger partial charge is 0.416 e. The first-order valence-electron chi connectivity index (χ1n) is 6.88. The standard InChI is InChI=1S/C17H15F3O/c18-17(19,20)15-8-4-7-14(11-15)16(21,13-9-10-13)12-5-2-1-3-6-12/h1-8,11,13,21H,9-10H2. The summed E-state index contributed by atoms with van der Waals surface area (Å²) in [5.41, 5.74) is -1.12. The maximum atomic E-state index is 12.9. The third kappa shape index (κ3) is 2.56. The Morgan fingerprint density at radius 1 is 0.810 bits per heavy atom. The van der Waals surface area contributed by atoms with Crippen LogP contribution in [-0.4, -0.2) is 5.11 Å². The van der Waals surface area contributed by atoms with E-state index in [9.17, 15) is 18.3 Å². The zero-order chi connectivity index (χ0) is 15.1. The van der Waals surface area contributed by atoms with Gasteiger partial charge in [-0.1, -0.05) is 42.5 Å². The van der Waals surface area contributed by atoms with Gasteiger partial charge in [-0.15, -0.1) is 0 Å². The molecule has 1 nitrogen and oxygen atoms in total. The van der Waals surface area contributed by atoms with Crippen LogP contribution in [0.4, 0.5) is 13.2 Å². The molecule has 0 aliphatic heterocycles. The van der Waals surface area contributed by atoms with Crippen LogP contribution in [0, 0.1) is 5.92 Å². The summed E-state index contributed by atoms with van der Waals surface area (Å²) in [7, 11) is 0. The van der Waals surface area contributed by atoms with Gasteiger partial charge in [-0.25, -0.2) is 0 Å². The van der Waals surface area contributed by atoms with E-state index in [2.05, 4.69) is 0 Å². The first-order valence-corrected chi connectivity index (χ1v) is 6.88. The van der Waals surface area contributed by atoms with Crippen LogP contribution in [0.3, 0.4) is 0 Å². The van der Waals surface area contributed by atoms with Crippen molar-refractivity contribution in [3.05, 3.63) is 71.3 Å². The van der Waals surface area contributed by atoms with Gasteiger partial charge >= 0.3 is 6.18 Å². The molecule has 1 atom stereocenters. The van der Waals surface area contributed by atoms with E-state index >= 15 is 0 Å². The normalized spacial score (nSPS) is 18.3. The molecule has 2 aromatic carbocycles. The Bertz CT molecular complexity index is 632. The molecule has 0 heterocycles. The third-order valence-corrected chi connectivity index (χ3v) is 4.01. The maximum absolute atomic E-state index is 12.9. The molecular formula is C17H15F3O. The number of hydrogen-bond donors (Lipinski definition) is 1. The van der Waals surface area contributed by atoms with Crippen molar-refractivity contribution in [2.45, 2.75) is 24.6 Å². The second kappa shape index (κ2) is 4.88. The highest BCUT2D eigenvalue weighted by Crippen LogP contribution is 2.50. The fourth-order valence-corrected chi connectivity index (χ4v) is 2.76. The predicted octanol–water partition coefficient (Wildman–Crippen LogP) is 4.35. The molecule has 0 spiro atoms. The minimum absolute atomic E-state index is 0.0246. The number of rotatable bonds is 3. The van der Waals surface area contributed by atoms with Crippen molar-refractivity contribution in [1.29, 1.82) is 0 Å². The highest BCUT2D eigenvalue weighted by molar-refractivity contribution is 5.40. The van der Waals surface area contributed by atoms with Gasteiger partial charge in [-0.3, -0.25) is 0 Å². The fourth-order valence-electron chi connectivity index (χ4n) is 2.76. The van der Waals surface area contributed by atoms with Gasteiger partial charge in [-0.05, 0) is 42.0 Å². The summed E-state index contributed by atoms with van der Waals surface area (Å²) in [5, 5.41) is 11.1. The minimum atomic E-state index is -4.41. The van der Waals surface area contributed by atoms with Crippen molar-refractivity contribution in [3.63, 3.8) is 0 Å². The van der Waals surface area contributed by atoms with Crippen LogP contribution in [0.25, 0.3) is 0 Å². The maximum Gasteiger partial charge on any atom is 0.416 e. The SMILES string of the molecule is OC(c1ccccc1)(c1cccc(C(F)(F)F)c1)C1CC1.